The Labute approximate surface area is 90.6 Å². The van der Waals surface area contributed by atoms with Crippen molar-refractivity contribution in [3.63, 3.8) is 0 Å². The van der Waals surface area contributed by atoms with E-state index in [9.17, 15) is 9.18 Å². The molecule has 2 nitrogen and oxygen atoms in total. The van der Waals surface area contributed by atoms with E-state index in [0.29, 0.717) is 10.0 Å². The minimum atomic E-state index is -0.401. The molecule has 0 aliphatic carbocycles. The second-order valence-corrected chi connectivity index (χ2v) is 3.87. The Kier molecular flexibility index (Phi) is 3.77. The second kappa shape index (κ2) is 4.66. The lowest BCUT2D eigenvalue weighted by Crippen LogP contribution is -2.19. The average molecular weight is 260 g/mol. The Morgan fingerprint density at radius 2 is 2.21 bits per heavy atom. The molecule has 0 aliphatic heterocycles. The summed E-state index contributed by atoms with van der Waals surface area (Å²) in [5, 5.41) is 2.74. The molecule has 0 unspecified atom stereocenters. The zero-order valence-corrected chi connectivity index (χ0v) is 9.61. The highest BCUT2D eigenvalue weighted by Crippen LogP contribution is 2.21. The summed E-state index contributed by atoms with van der Waals surface area (Å²) >= 11 is 3.20. The van der Waals surface area contributed by atoms with Crippen molar-refractivity contribution in [2.45, 2.75) is 6.92 Å². The summed E-state index contributed by atoms with van der Waals surface area (Å²) in [6.45, 7) is 2.00. The van der Waals surface area contributed by atoms with Crippen molar-refractivity contribution < 1.29 is 9.18 Å². The van der Waals surface area contributed by atoms with E-state index >= 15 is 0 Å². The molecule has 0 radical (unpaired) electrons. The third-order valence-electron chi connectivity index (χ3n) is 1.95. The number of ketones is 1. The zero-order chi connectivity index (χ0) is 10.7. The van der Waals surface area contributed by atoms with Crippen molar-refractivity contribution in [2.24, 2.45) is 0 Å². The van der Waals surface area contributed by atoms with Crippen molar-refractivity contribution in [3.05, 3.63) is 33.5 Å². The van der Waals surface area contributed by atoms with Crippen LogP contribution in [0.1, 0.15) is 15.9 Å². The van der Waals surface area contributed by atoms with Gasteiger partial charge in [0.1, 0.15) is 5.82 Å². The van der Waals surface area contributed by atoms with Crippen LogP contribution < -0.4 is 5.32 Å². The quantitative estimate of drug-likeness (QED) is 0.845. The molecular weight excluding hydrogens is 249 g/mol. The van der Waals surface area contributed by atoms with Gasteiger partial charge in [-0.25, -0.2) is 4.39 Å². The van der Waals surface area contributed by atoms with Crippen molar-refractivity contribution in [1.29, 1.82) is 0 Å². The van der Waals surface area contributed by atoms with Gasteiger partial charge in [0.05, 0.1) is 6.54 Å². The van der Waals surface area contributed by atoms with Gasteiger partial charge in [-0.3, -0.25) is 4.79 Å². The maximum atomic E-state index is 13.0. The zero-order valence-electron chi connectivity index (χ0n) is 8.03. The molecule has 0 aliphatic rings. The fraction of sp³-hybridized carbons (Fsp3) is 0.300. The highest BCUT2D eigenvalue weighted by Gasteiger charge is 2.11. The van der Waals surface area contributed by atoms with Crippen LogP contribution in [0.4, 0.5) is 4.39 Å². The summed E-state index contributed by atoms with van der Waals surface area (Å²) in [7, 11) is 1.68. The molecule has 0 bridgehead atoms. The number of carbonyl (C=O) groups is 1. The van der Waals surface area contributed by atoms with Crippen LogP contribution in [0.3, 0.4) is 0 Å². The molecule has 0 aromatic heterocycles. The highest BCUT2D eigenvalue weighted by molar-refractivity contribution is 9.10. The molecule has 1 aromatic carbocycles. The van der Waals surface area contributed by atoms with Gasteiger partial charge in [-0.2, -0.15) is 0 Å². The molecule has 0 amide bonds. The summed E-state index contributed by atoms with van der Waals surface area (Å²) in [4.78, 5) is 11.5. The van der Waals surface area contributed by atoms with Crippen LogP contribution in [0.15, 0.2) is 16.6 Å². The summed E-state index contributed by atoms with van der Waals surface area (Å²) in [6.07, 6.45) is 0. The number of hydrogen-bond acceptors (Lipinski definition) is 2. The maximum Gasteiger partial charge on any atom is 0.176 e. The Bertz CT molecular complexity index is 365. The first-order chi connectivity index (χ1) is 6.56. The number of carbonyl (C=O) groups excluding carboxylic acids is 1. The van der Waals surface area contributed by atoms with Gasteiger partial charge < -0.3 is 5.32 Å². The third-order valence-corrected chi connectivity index (χ3v) is 2.77. The van der Waals surface area contributed by atoms with E-state index in [-0.39, 0.29) is 12.3 Å². The van der Waals surface area contributed by atoms with Crippen LogP contribution >= 0.6 is 15.9 Å². The average Bonchev–Trinajstić information content (AvgIpc) is 2.11. The molecule has 0 atom stereocenters. The van der Waals surface area contributed by atoms with Crippen LogP contribution in [0, 0.1) is 12.7 Å². The fourth-order valence-corrected chi connectivity index (χ4v) is 1.62. The van der Waals surface area contributed by atoms with Gasteiger partial charge in [0.2, 0.25) is 0 Å². The summed E-state index contributed by atoms with van der Waals surface area (Å²) in [5.74, 6) is -0.507. The summed E-state index contributed by atoms with van der Waals surface area (Å²) in [6, 6.07) is 2.62. The van der Waals surface area contributed by atoms with Gasteiger partial charge in [0, 0.05) is 10.0 Å². The van der Waals surface area contributed by atoms with Crippen molar-refractivity contribution in [1.82, 2.24) is 5.32 Å². The third kappa shape index (κ3) is 2.39. The molecule has 1 aromatic rings. The number of halogens is 2. The molecule has 0 saturated heterocycles. The topological polar surface area (TPSA) is 29.1 Å². The predicted octanol–water partition coefficient (Wildman–Crippen LogP) is 2.30. The Morgan fingerprint density at radius 1 is 1.57 bits per heavy atom. The van der Waals surface area contributed by atoms with Gasteiger partial charge in [-0.05, 0) is 31.7 Å². The smallest absolute Gasteiger partial charge is 0.176 e. The number of nitrogens with one attached hydrogen (secondary N) is 1. The number of rotatable bonds is 3. The largest absolute Gasteiger partial charge is 0.313 e. The maximum absolute atomic E-state index is 13.0. The number of likely N-dealkylation sites (N-methyl/N-ethyl adjacent to an activating group) is 1. The lowest BCUT2D eigenvalue weighted by atomic mass is 10.0. The highest BCUT2D eigenvalue weighted by atomic mass is 79.9. The molecule has 0 heterocycles. The van der Waals surface area contributed by atoms with Crippen molar-refractivity contribution in [2.75, 3.05) is 13.6 Å². The number of benzene rings is 1. The molecule has 76 valence electrons. The van der Waals surface area contributed by atoms with E-state index < -0.39 is 5.82 Å². The van der Waals surface area contributed by atoms with Gasteiger partial charge in [0.15, 0.2) is 5.78 Å². The number of hydrogen-bond donors (Lipinski definition) is 1. The Hall–Kier alpha value is -0.740. The summed E-state index contributed by atoms with van der Waals surface area (Å²) in [5.41, 5.74) is 1.19. The molecule has 0 spiro atoms. The van der Waals surface area contributed by atoms with E-state index in [1.54, 1.807) is 14.0 Å². The van der Waals surface area contributed by atoms with Crippen LogP contribution in [0.2, 0.25) is 0 Å². The van der Waals surface area contributed by atoms with Crippen LogP contribution in [-0.4, -0.2) is 19.4 Å². The first-order valence-electron chi connectivity index (χ1n) is 4.19. The van der Waals surface area contributed by atoms with E-state index in [1.165, 1.54) is 12.1 Å². The molecule has 0 fully saturated rings. The minimum absolute atomic E-state index is 0.106. The molecule has 14 heavy (non-hydrogen) atoms. The van der Waals surface area contributed by atoms with E-state index in [4.69, 9.17) is 0 Å². The predicted molar refractivity (Wildman–Crippen MR) is 57.1 cm³/mol. The van der Waals surface area contributed by atoms with Gasteiger partial charge in [-0.15, -0.1) is 0 Å². The first kappa shape index (κ1) is 11.3. The SMILES string of the molecule is CNCC(=O)c1cc(F)cc(Br)c1C. The Morgan fingerprint density at radius 3 is 2.79 bits per heavy atom. The normalized spacial score (nSPS) is 10.3. The van der Waals surface area contributed by atoms with Crippen molar-refractivity contribution in [3.8, 4) is 0 Å². The molecule has 0 saturated carbocycles. The standard InChI is InChI=1S/C10H11BrFNO/c1-6-8(10(14)5-13-2)3-7(12)4-9(6)11/h3-4,13H,5H2,1-2H3. The fourth-order valence-electron chi connectivity index (χ4n) is 1.19. The van der Waals surface area contributed by atoms with Crippen LogP contribution in [0.5, 0.6) is 0 Å². The lowest BCUT2D eigenvalue weighted by molar-refractivity contribution is 0.0992. The first-order valence-corrected chi connectivity index (χ1v) is 4.99. The Balaban J connectivity index is 3.13. The minimum Gasteiger partial charge on any atom is -0.313 e. The number of Topliss-reactive ketones (excluding diaryl/α,β-unsaturated/α-hetero) is 1. The molecule has 4 heteroatoms. The monoisotopic (exact) mass is 259 g/mol. The van der Waals surface area contributed by atoms with Crippen molar-refractivity contribution >= 4 is 21.7 Å². The molecule has 1 N–H and O–H groups in total. The van der Waals surface area contributed by atoms with Gasteiger partial charge >= 0.3 is 0 Å². The molecular formula is C10H11BrFNO. The van der Waals surface area contributed by atoms with Gasteiger partial charge in [-0.1, -0.05) is 15.9 Å². The summed E-state index contributed by atoms with van der Waals surface area (Å²) < 4.78 is 13.6. The van der Waals surface area contributed by atoms with Gasteiger partial charge in [0.25, 0.3) is 0 Å². The van der Waals surface area contributed by atoms with E-state index in [0.717, 1.165) is 5.56 Å². The van der Waals surface area contributed by atoms with E-state index in [2.05, 4.69) is 21.2 Å². The van der Waals surface area contributed by atoms with Crippen LogP contribution in [0.25, 0.3) is 0 Å². The second-order valence-electron chi connectivity index (χ2n) is 3.01. The molecule has 1 rings (SSSR count). The van der Waals surface area contributed by atoms with E-state index in [1.807, 2.05) is 0 Å². The lowest BCUT2D eigenvalue weighted by Gasteiger charge is -2.06. The van der Waals surface area contributed by atoms with Crippen LogP contribution in [-0.2, 0) is 0 Å².